The summed E-state index contributed by atoms with van der Waals surface area (Å²) < 4.78 is 10.5. The molecule has 4 rings (SSSR count). The molecule has 10 nitrogen and oxygen atoms in total. The molecule has 1 unspecified atom stereocenters. The molecule has 182 valence electrons. The van der Waals surface area contributed by atoms with Gasteiger partial charge in [-0.05, 0) is 44.5 Å². The number of rotatable bonds is 4. The number of aromatic nitrogens is 1. The first kappa shape index (κ1) is 23.9. The van der Waals surface area contributed by atoms with Crippen LogP contribution in [0.25, 0.3) is 0 Å². The molecule has 1 aromatic carbocycles. The van der Waals surface area contributed by atoms with Gasteiger partial charge in [0.15, 0.2) is 0 Å². The van der Waals surface area contributed by atoms with Gasteiger partial charge < -0.3 is 14.6 Å². The highest BCUT2D eigenvalue weighted by atomic mass is 16.6. The van der Waals surface area contributed by atoms with E-state index in [0.717, 1.165) is 5.56 Å². The van der Waals surface area contributed by atoms with Crippen LogP contribution in [0.4, 0.5) is 21.0 Å². The van der Waals surface area contributed by atoms with Crippen molar-refractivity contribution in [3.05, 3.63) is 48.2 Å². The number of benzene rings is 1. The number of nitrogens with one attached hydrogen (secondary N) is 1. The van der Waals surface area contributed by atoms with Crippen LogP contribution in [0.1, 0.15) is 32.3 Å². The molecule has 10 heteroatoms. The molecule has 0 bridgehead atoms. The van der Waals surface area contributed by atoms with Crippen LogP contribution < -0.4 is 20.0 Å². The molecule has 1 fully saturated rings. The summed E-state index contributed by atoms with van der Waals surface area (Å²) in [6, 6.07) is 10.5. The molecule has 2 N–H and O–H groups in total. The lowest BCUT2D eigenvalue weighted by Crippen LogP contribution is -2.52. The summed E-state index contributed by atoms with van der Waals surface area (Å²) in [6.07, 6.45) is 0.498. The van der Waals surface area contributed by atoms with E-state index in [1.165, 1.54) is 12.0 Å². The number of fused-ring (bicyclic) bond motifs is 1. The molecule has 2 atom stereocenters. The van der Waals surface area contributed by atoms with E-state index in [2.05, 4.69) is 10.4 Å². The summed E-state index contributed by atoms with van der Waals surface area (Å²) >= 11 is 0. The molecule has 0 aliphatic carbocycles. The molecule has 0 spiro atoms. The molecule has 2 aliphatic rings. The van der Waals surface area contributed by atoms with Crippen molar-refractivity contribution < 1.29 is 24.2 Å². The average Bonchev–Trinajstić information content (AvgIpc) is 3.35. The zero-order chi connectivity index (χ0) is 24.5. The van der Waals surface area contributed by atoms with Crippen LogP contribution in [0.2, 0.25) is 0 Å². The number of hydrogen-bond acceptors (Lipinski definition) is 8. The lowest BCUT2D eigenvalue weighted by atomic mass is 9.96. The molecule has 0 saturated carbocycles. The van der Waals surface area contributed by atoms with Gasteiger partial charge in [0.05, 0.1) is 43.2 Å². The van der Waals surface area contributed by atoms with Gasteiger partial charge in [0.1, 0.15) is 0 Å². The first-order chi connectivity index (χ1) is 16.2. The maximum atomic E-state index is 13.2. The number of pyridine rings is 1. The number of amides is 2. The first-order valence-electron chi connectivity index (χ1n) is 11.3. The monoisotopic (exact) mass is 469 g/mol. The van der Waals surface area contributed by atoms with Crippen LogP contribution in [0.15, 0.2) is 42.6 Å². The third kappa shape index (κ3) is 4.56. The SMILES string of the molecule is COC(=O)N1c2ccc(C3CNN(C(C)(C)CO)C3)cc2N(C(=O)Oc2ccccn2)C[C@@H]1C. The van der Waals surface area contributed by atoms with E-state index in [4.69, 9.17) is 9.47 Å². The quantitative estimate of drug-likeness (QED) is 0.704. The lowest BCUT2D eigenvalue weighted by molar-refractivity contribution is 0.0411. The van der Waals surface area contributed by atoms with Gasteiger partial charge >= 0.3 is 12.2 Å². The zero-order valence-corrected chi connectivity index (χ0v) is 19.9. The Hall–Kier alpha value is -3.21. The van der Waals surface area contributed by atoms with Crippen molar-refractivity contribution in [1.82, 2.24) is 15.4 Å². The van der Waals surface area contributed by atoms with Crippen LogP contribution in [0.3, 0.4) is 0 Å². The third-order valence-corrected chi connectivity index (χ3v) is 6.38. The molecule has 3 heterocycles. The molecule has 0 radical (unpaired) electrons. The van der Waals surface area contributed by atoms with Gasteiger partial charge in [-0.15, -0.1) is 0 Å². The molecular weight excluding hydrogens is 438 g/mol. The number of carbonyl (C=O) groups is 2. The van der Waals surface area contributed by atoms with Crippen LogP contribution >= 0.6 is 0 Å². The molecule has 2 aliphatic heterocycles. The first-order valence-corrected chi connectivity index (χ1v) is 11.3. The Kier molecular flexibility index (Phi) is 6.74. The number of anilines is 2. The Morgan fingerprint density at radius 2 is 1.97 bits per heavy atom. The van der Waals surface area contributed by atoms with Crippen molar-refractivity contribution in [3.63, 3.8) is 0 Å². The number of hydrogen-bond donors (Lipinski definition) is 2. The average molecular weight is 470 g/mol. The van der Waals surface area contributed by atoms with Crippen LogP contribution in [-0.2, 0) is 4.74 Å². The topological polar surface area (TPSA) is 107 Å². The summed E-state index contributed by atoms with van der Waals surface area (Å²) in [4.78, 5) is 32.9. The molecule has 2 aromatic rings. The van der Waals surface area contributed by atoms with Gasteiger partial charge in [0.2, 0.25) is 5.88 Å². The van der Waals surface area contributed by atoms with Crippen molar-refractivity contribution in [2.45, 2.75) is 38.3 Å². The number of aliphatic hydroxyl groups is 1. The van der Waals surface area contributed by atoms with Crippen molar-refractivity contribution in [2.75, 3.05) is 43.2 Å². The Labute approximate surface area is 199 Å². The lowest BCUT2D eigenvalue weighted by Gasteiger charge is -2.40. The van der Waals surface area contributed by atoms with E-state index in [1.54, 1.807) is 29.3 Å². The maximum absolute atomic E-state index is 13.2. The Morgan fingerprint density at radius 3 is 2.65 bits per heavy atom. The van der Waals surface area contributed by atoms with Crippen molar-refractivity contribution in [1.29, 1.82) is 0 Å². The summed E-state index contributed by atoms with van der Waals surface area (Å²) in [5, 5.41) is 11.8. The minimum Gasteiger partial charge on any atom is -0.452 e. The van der Waals surface area contributed by atoms with Gasteiger partial charge in [-0.25, -0.2) is 19.6 Å². The van der Waals surface area contributed by atoms with E-state index in [9.17, 15) is 14.7 Å². The van der Waals surface area contributed by atoms with E-state index in [0.29, 0.717) is 24.5 Å². The largest absolute Gasteiger partial charge is 0.452 e. The summed E-state index contributed by atoms with van der Waals surface area (Å²) in [5.74, 6) is 0.339. The minimum atomic E-state index is -0.568. The van der Waals surface area contributed by atoms with Gasteiger partial charge in [-0.1, -0.05) is 12.1 Å². The van der Waals surface area contributed by atoms with E-state index >= 15 is 0 Å². The third-order valence-electron chi connectivity index (χ3n) is 6.38. The number of carbonyl (C=O) groups excluding carboxylic acids is 2. The second-order valence-electron chi connectivity index (χ2n) is 9.22. The number of aliphatic hydroxyl groups excluding tert-OH is 1. The van der Waals surface area contributed by atoms with E-state index < -0.39 is 17.7 Å². The second kappa shape index (κ2) is 9.57. The number of methoxy groups -OCH3 is 1. The van der Waals surface area contributed by atoms with Crippen LogP contribution in [0, 0.1) is 0 Å². The predicted molar refractivity (Wildman–Crippen MR) is 127 cm³/mol. The van der Waals surface area contributed by atoms with Crippen LogP contribution in [0.5, 0.6) is 5.88 Å². The van der Waals surface area contributed by atoms with Crippen molar-refractivity contribution in [2.24, 2.45) is 0 Å². The summed E-state index contributed by atoms with van der Waals surface area (Å²) in [5.41, 5.74) is 5.11. The highest BCUT2D eigenvalue weighted by Gasteiger charge is 2.38. The van der Waals surface area contributed by atoms with Gasteiger partial charge in [0, 0.05) is 31.3 Å². The smallest absolute Gasteiger partial charge is 0.421 e. The molecule has 1 saturated heterocycles. The number of hydrazine groups is 1. The highest BCUT2D eigenvalue weighted by Crippen LogP contribution is 2.39. The Morgan fingerprint density at radius 1 is 1.18 bits per heavy atom. The summed E-state index contributed by atoms with van der Waals surface area (Å²) in [7, 11) is 1.34. The Bertz CT molecular complexity index is 1050. The van der Waals surface area contributed by atoms with Crippen molar-refractivity contribution >= 4 is 23.6 Å². The van der Waals surface area contributed by atoms with Crippen LogP contribution in [-0.4, -0.2) is 72.2 Å². The number of ether oxygens (including phenoxy) is 2. The van der Waals surface area contributed by atoms with Crippen molar-refractivity contribution in [3.8, 4) is 5.88 Å². The fraction of sp³-hybridized carbons (Fsp3) is 0.458. The van der Waals surface area contributed by atoms with Gasteiger partial charge in [-0.3, -0.25) is 15.2 Å². The minimum absolute atomic E-state index is 0.0238. The normalized spacial score (nSPS) is 20.7. The molecule has 2 amide bonds. The highest BCUT2D eigenvalue weighted by molar-refractivity contribution is 6.01. The zero-order valence-electron chi connectivity index (χ0n) is 19.9. The fourth-order valence-electron chi connectivity index (χ4n) is 4.34. The predicted octanol–water partition coefficient (Wildman–Crippen LogP) is 2.74. The fourth-order valence-corrected chi connectivity index (χ4v) is 4.34. The standard InChI is InChI=1S/C24H31N5O5/c1-16-13-27(22(31)34-21-7-5-6-10-25-21)20-11-17(8-9-19(20)29(16)23(32)33-4)18-12-26-28(14-18)24(2,3)15-30/h5-11,16,18,26,30H,12-15H2,1-4H3/t16-,18?/m0/s1. The Balaban J connectivity index is 1.67. The van der Waals surface area contributed by atoms with Gasteiger partial charge in [0.25, 0.3) is 0 Å². The number of nitrogens with zero attached hydrogens (tertiary/aromatic N) is 4. The maximum Gasteiger partial charge on any atom is 0.421 e. The van der Waals surface area contributed by atoms with E-state index in [1.807, 2.05) is 44.0 Å². The second-order valence-corrected chi connectivity index (χ2v) is 9.22. The van der Waals surface area contributed by atoms with E-state index in [-0.39, 0.29) is 31.0 Å². The molecule has 1 aromatic heterocycles. The molecule has 34 heavy (non-hydrogen) atoms. The summed E-state index contributed by atoms with van der Waals surface area (Å²) in [6.45, 7) is 7.45. The van der Waals surface area contributed by atoms with Gasteiger partial charge in [-0.2, -0.15) is 0 Å². The molecular formula is C24H31N5O5.